The molecule has 0 bridgehead atoms. The van der Waals surface area contributed by atoms with Crippen molar-refractivity contribution in [2.45, 2.75) is 38.8 Å². The molecule has 8 nitrogen and oxygen atoms in total. The van der Waals surface area contributed by atoms with E-state index >= 15 is 0 Å². The number of carbonyl (C=O) groups is 2. The van der Waals surface area contributed by atoms with Gasteiger partial charge in [0.05, 0.1) is 0 Å². The number of nitrogens with zero attached hydrogens (tertiary/aromatic N) is 5. The molecule has 2 aliphatic heterocycles. The minimum Gasteiger partial charge on any atom is -0.424 e. The topological polar surface area (TPSA) is 78.9 Å². The van der Waals surface area contributed by atoms with Gasteiger partial charge in [0.25, 0.3) is 5.91 Å². The summed E-state index contributed by atoms with van der Waals surface area (Å²) in [4.78, 5) is 39.2. The molecular formula is C23H29N5O3. The fourth-order valence-corrected chi connectivity index (χ4v) is 4.43. The van der Waals surface area contributed by atoms with Crippen LogP contribution in [0.3, 0.4) is 0 Å². The average Bonchev–Trinajstić information content (AvgIpc) is 2.93. The molecule has 31 heavy (non-hydrogen) atoms. The second-order valence-electron chi connectivity index (χ2n) is 8.74. The van der Waals surface area contributed by atoms with Crippen LogP contribution in [0.15, 0.2) is 42.7 Å². The minimum atomic E-state index is -0.681. The Labute approximate surface area is 182 Å². The van der Waals surface area contributed by atoms with Gasteiger partial charge in [0, 0.05) is 45.6 Å². The van der Waals surface area contributed by atoms with Crippen molar-refractivity contribution in [1.82, 2.24) is 24.7 Å². The van der Waals surface area contributed by atoms with Crippen molar-refractivity contribution in [3.05, 3.63) is 48.3 Å². The van der Waals surface area contributed by atoms with Crippen molar-refractivity contribution in [2.75, 3.05) is 26.7 Å². The molecule has 0 radical (unpaired) electrons. The van der Waals surface area contributed by atoms with Gasteiger partial charge in [0.2, 0.25) is 0 Å². The lowest BCUT2D eigenvalue weighted by atomic mass is 9.85. The fraction of sp³-hybridized carbons (Fsp3) is 0.478. The highest BCUT2D eigenvalue weighted by Crippen LogP contribution is 2.37. The number of rotatable bonds is 6. The predicted octanol–water partition coefficient (Wildman–Crippen LogP) is 3.15. The number of amides is 3. The molecule has 4 rings (SSSR count). The summed E-state index contributed by atoms with van der Waals surface area (Å²) in [6, 6.07) is 9.80. The van der Waals surface area contributed by atoms with Crippen LogP contribution in [0.25, 0.3) is 0 Å². The van der Waals surface area contributed by atoms with E-state index in [9.17, 15) is 9.59 Å². The minimum absolute atomic E-state index is 0.0533. The van der Waals surface area contributed by atoms with Crippen LogP contribution in [0.2, 0.25) is 0 Å². The smallest absolute Gasteiger partial charge is 0.327 e. The maximum atomic E-state index is 13.0. The van der Waals surface area contributed by atoms with Crippen LogP contribution in [-0.4, -0.2) is 68.8 Å². The van der Waals surface area contributed by atoms with Gasteiger partial charge < -0.3 is 9.64 Å². The highest BCUT2D eigenvalue weighted by Gasteiger charge is 2.56. The Balaban J connectivity index is 1.37. The van der Waals surface area contributed by atoms with E-state index in [1.165, 1.54) is 10.5 Å². The molecule has 3 heterocycles. The zero-order valence-corrected chi connectivity index (χ0v) is 18.3. The highest BCUT2D eigenvalue weighted by molar-refractivity contribution is 6.06. The molecule has 0 atom stereocenters. The second-order valence-corrected chi connectivity index (χ2v) is 8.74. The number of hydrogen-bond donors (Lipinski definition) is 0. The van der Waals surface area contributed by atoms with Gasteiger partial charge >= 0.3 is 12.0 Å². The molecular weight excluding hydrogens is 394 g/mol. The van der Waals surface area contributed by atoms with Crippen molar-refractivity contribution in [2.24, 2.45) is 5.92 Å². The number of hydrogen-bond acceptors (Lipinski definition) is 6. The van der Waals surface area contributed by atoms with Crippen LogP contribution < -0.4 is 4.74 Å². The summed E-state index contributed by atoms with van der Waals surface area (Å²) in [7, 11) is 1.60. The third-order valence-electron chi connectivity index (χ3n) is 6.05. The zero-order chi connectivity index (χ0) is 22.0. The number of carbonyl (C=O) groups excluding carboxylic acids is 2. The summed E-state index contributed by atoms with van der Waals surface area (Å²) >= 11 is 0. The molecule has 2 fully saturated rings. The molecule has 1 aromatic carbocycles. The van der Waals surface area contributed by atoms with Crippen LogP contribution >= 0.6 is 0 Å². The van der Waals surface area contributed by atoms with Gasteiger partial charge in [-0.3, -0.25) is 14.6 Å². The summed E-state index contributed by atoms with van der Waals surface area (Å²) in [5.41, 5.74) is 0.488. The van der Waals surface area contributed by atoms with Crippen molar-refractivity contribution < 1.29 is 14.3 Å². The Kier molecular flexibility index (Phi) is 5.91. The first kappa shape index (κ1) is 21.2. The van der Waals surface area contributed by atoms with E-state index in [4.69, 9.17) is 4.74 Å². The molecule has 0 aliphatic carbocycles. The van der Waals surface area contributed by atoms with Crippen LogP contribution in [0.5, 0.6) is 11.8 Å². The van der Waals surface area contributed by atoms with Gasteiger partial charge in [-0.15, -0.1) is 0 Å². The normalized spacial score (nSPS) is 19.0. The SMILES string of the molecule is CC(C)CN1C(=O)N(C)C(=O)C12CCN(Cc1ccc(Oc3ncccn3)cc1)CC2. The maximum absolute atomic E-state index is 13.0. The van der Waals surface area contributed by atoms with E-state index in [0.717, 1.165) is 19.6 Å². The van der Waals surface area contributed by atoms with Crippen molar-refractivity contribution in [3.8, 4) is 11.8 Å². The number of likely N-dealkylation sites (tertiary alicyclic amines) is 1. The number of ether oxygens (including phenoxy) is 1. The molecule has 2 saturated heterocycles. The molecule has 1 aromatic heterocycles. The van der Waals surface area contributed by atoms with Gasteiger partial charge in [-0.2, -0.15) is 0 Å². The molecule has 0 N–H and O–H groups in total. The predicted molar refractivity (Wildman–Crippen MR) is 116 cm³/mol. The van der Waals surface area contributed by atoms with Crippen molar-refractivity contribution >= 4 is 11.9 Å². The number of imide groups is 1. The second kappa shape index (κ2) is 8.63. The van der Waals surface area contributed by atoms with E-state index < -0.39 is 5.54 Å². The Bertz CT molecular complexity index is 924. The van der Waals surface area contributed by atoms with E-state index in [-0.39, 0.29) is 11.9 Å². The lowest BCUT2D eigenvalue weighted by Gasteiger charge is -2.42. The molecule has 8 heteroatoms. The molecule has 3 amide bonds. The summed E-state index contributed by atoms with van der Waals surface area (Å²) in [5, 5.41) is 0. The summed E-state index contributed by atoms with van der Waals surface area (Å²) in [5.74, 6) is 0.956. The highest BCUT2D eigenvalue weighted by atomic mass is 16.5. The monoisotopic (exact) mass is 423 g/mol. The number of likely N-dealkylation sites (N-methyl/N-ethyl adjacent to an activating group) is 1. The van der Waals surface area contributed by atoms with E-state index in [0.29, 0.717) is 37.1 Å². The Morgan fingerprint density at radius 1 is 1.06 bits per heavy atom. The summed E-state index contributed by atoms with van der Waals surface area (Å²) in [6.07, 6.45) is 4.62. The quantitative estimate of drug-likeness (QED) is 0.664. The fourth-order valence-electron chi connectivity index (χ4n) is 4.43. The standard InChI is InChI=1S/C23H29N5O3/c1-17(2)15-28-22(30)26(3)20(29)23(28)9-13-27(14-10-23)16-18-5-7-19(8-6-18)31-21-24-11-4-12-25-21/h4-8,11-12,17H,9-10,13-16H2,1-3H3. The molecule has 2 aromatic rings. The lowest BCUT2D eigenvalue weighted by molar-refractivity contribution is -0.135. The first-order chi connectivity index (χ1) is 14.9. The summed E-state index contributed by atoms with van der Waals surface area (Å²) in [6.45, 7) is 7.11. The van der Waals surface area contributed by atoms with Crippen LogP contribution in [0.1, 0.15) is 32.3 Å². The van der Waals surface area contributed by atoms with Gasteiger partial charge in [-0.1, -0.05) is 26.0 Å². The molecule has 1 spiro atoms. The lowest BCUT2D eigenvalue weighted by Crippen LogP contribution is -2.57. The first-order valence-electron chi connectivity index (χ1n) is 10.7. The van der Waals surface area contributed by atoms with Crippen LogP contribution in [-0.2, 0) is 11.3 Å². The van der Waals surface area contributed by atoms with Gasteiger partial charge in [0.1, 0.15) is 11.3 Å². The molecule has 164 valence electrons. The zero-order valence-electron chi connectivity index (χ0n) is 18.3. The van der Waals surface area contributed by atoms with Gasteiger partial charge in [-0.25, -0.2) is 14.8 Å². The Morgan fingerprint density at radius 3 is 2.32 bits per heavy atom. The maximum Gasteiger partial charge on any atom is 0.327 e. The molecule has 2 aliphatic rings. The largest absolute Gasteiger partial charge is 0.424 e. The number of urea groups is 1. The van der Waals surface area contributed by atoms with E-state index in [1.54, 1.807) is 25.5 Å². The Morgan fingerprint density at radius 2 is 1.71 bits per heavy atom. The van der Waals surface area contributed by atoms with Crippen molar-refractivity contribution in [3.63, 3.8) is 0 Å². The molecule has 0 saturated carbocycles. The Hall–Kier alpha value is -3.00. The number of piperidine rings is 1. The van der Waals surface area contributed by atoms with E-state index in [2.05, 4.69) is 28.7 Å². The van der Waals surface area contributed by atoms with Crippen LogP contribution in [0, 0.1) is 5.92 Å². The third-order valence-corrected chi connectivity index (χ3v) is 6.05. The molecule has 0 unspecified atom stereocenters. The average molecular weight is 424 g/mol. The third kappa shape index (κ3) is 4.25. The van der Waals surface area contributed by atoms with Gasteiger partial charge in [0.15, 0.2) is 0 Å². The van der Waals surface area contributed by atoms with E-state index in [1.807, 2.05) is 29.2 Å². The van der Waals surface area contributed by atoms with Crippen LogP contribution in [0.4, 0.5) is 4.79 Å². The first-order valence-corrected chi connectivity index (χ1v) is 10.7. The van der Waals surface area contributed by atoms with Gasteiger partial charge in [-0.05, 0) is 42.5 Å². The number of aromatic nitrogens is 2. The van der Waals surface area contributed by atoms with Crippen molar-refractivity contribution in [1.29, 1.82) is 0 Å². The number of benzene rings is 1. The summed E-state index contributed by atoms with van der Waals surface area (Å²) < 4.78 is 5.65.